The van der Waals surface area contributed by atoms with Crippen LogP contribution in [0.4, 0.5) is 0 Å². The van der Waals surface area contributed by atoms with Gasteiger partial charge in [-0.05, 0) is 61.8 Å². The van der Waals surface area contributed by atoms with Crippen molar-refractivity contribution in [3.8, 4) is 11.5 Å². The molecule has 4 saturated heterocycles. The van der Waals surface area contributed by atoms with Gasteiger partial charge in [0.1, 0.15) is 0 Å². The summed E-state index contributed by atoms with van der Waals surface area (Å²) in [5.74, 6) is 0.297. The lowest BCUT2D eigenvalue weighted by Crippen LogP contribution is -2.70. The van der Waals surface area contributed by atoms with Crippen molar-refractivity contribution < 1.29 is 43.4 Å². The summed E-state index contributed by atoms with van der Waals surface area (Å²) in [6.45, 7) is 7.20. The smallest absolute Gasteiger partial charge is 0.330 e. The number of hydrogen-bond acceptors (Lipinski definition) is 9. The fourth-order valence-electron chi connectivity index (χ4n) is 6.50. The fourth-order valence-corrected chi connectivity index (χ4v) is 6.50. The van der Waals surface area contributed by atoms with Crippen LogP contribution in [0.5, 0.6) is 11.5 Å². The SMILES string of the molecule is COC(=O)/C=C/c1ccc(OCCCO[C@H]2O[C@@H]3O[C@@]4(C)CC[C@H]5[C@H](C)CC[C@@H]([C@H]2C)[C@@]35OO4)c(O)c1. The van der Waals surface area contributed by atoms with Gasteiger partial charge in [0.2, 0.25) is 5.79 Å². The van der Waals surface area contributed by atoms with E-state index in [4.69, 9.17) is 28.7 Å². The predicted molar refractivity (Wildman–Crippen MR) is 132 cm³/mol. The van der Waals surface area contributed by atoms with Gasteiger partial charge in [-0.2, -0.15) is 0 Å². The minimum atomic E-state index is -0.802. The van der Waals surface area contributed by atoms with Crippen molar-refractivity contribution in [3.63, 3.8) is 0 Å². The van der Waals surface area contributed by atoms with Crippen molar-refractivity contribution in [2.24, 2.45) is 23.7 Å². The summed E-state index contributed by atoms with van der Waals surface area (Å²) in [6, 6.07) is 4.95. The highest BCUT2D eigenvalue weighted by Gasteiger charge is 2.69. The molecule has 1 saturated carbocycles. The minimum absolute atomic E-state index is 0.000159. The van der Waals surface area contributed by atoms with Crippen LogP contribution in [-0.4, -0.2) is 55.4 Å². The number of benzene rings is 1. The quantitative estimate of drug-likeness (QED) is 0.229. The summed E-state index contributed by atoms with van der Waals surface area (Å²) in [7, 11) is 1.31. The van der Waals surface area contributed by atoms with Crippen molar-refractivity contribution in [2.45, 2.75) is 76.8 Å². The summed E-state index contributed by atoms with van der Waals surface area (Å²) < 4.78 is 29.3. The van der Waals surface area contributed by atoms with Crippen LogP contribution in [0.1, 0.15) is 58.4 Å². The van der Waals surface area contributed by atoms with Crippen LogP contribution >= 0.6 is 0 Å². The largest absolute Gasteiger partial charge is 0.504 e. The summed E-state index contributed by atoms with van der Waals surface area (Å²) in [5, 5.41) is 10.3. The monoisotopic (exact) mass is 518 g/mol. The maximum Gasteiger partial charge on any atom is 0.330 e. The number of phenols is 1. The average Bonchev–Trinajstić information content (AvgIpc) is 3.12. The molecule has 5 fully saturated rings. The van der Waals surface area contributed by atoms with E-state index in [1.807, 2.05) is 6.92 Å². The molecule has 6 rings (SSSR count). The Kier molecular flexibility index (Phi) is 7.53. The zero-order valence-corrected chi connectivity index (χ0v) is 22.0. The topological polar surface area (TPSA) is 102 Å². The van der Waals surface area contributed by atoms with E-state index in [0.717, 1.165) is 25.7 Å². The molecule has 9 heteroatoms. The number of rotatable bonds is 8. The molecule has 0 radical (unpaired) electrons. The van der Waals surface area contributed by atoms with Gasteiger partial charge in [-0.25, -0.2) is 14.6 Å². The van der Waals surface area contributed by atoms with E-state index in [9.17, 15) is 9.90 Å². The molecule has 204 valence electrons. The molecule has 1 spiro atoms. The molecule has 4 heterocycles. The van der Waals surface area contributed by atoms with Crippen LogP contribution in [0.3, 0.4) is 0 Å². The molecule has 8 atom stereocenters. The molecule has 1 aromatic rings. The van der Waals surface area contributed by atoms with Gasteiger partial charge in [0.05, 0.1) is 20.3 Å². The Hall–Kier alpha value is -2.17. The summed E-state index contributed by atoms with van der Waals surface area (Å²) in [4.78, 5) is 23.3. The Morgan fingerprint density at radius 2 is 2.00 bits per heavy atom. The van der Waals surface area contributed by atoms with E-state index in [2.05, 4.69) is 18.6 Å². The van der Waals surface area contributed by atoms with Crippen LogP contribution in [0.2, 0.25) is 0 Å². The van der Waals surface area contributed by atoms with Gasteiger partial charge in [0.15, 0.2) is 29.7 Å². The van der Waals surface area contributed by atoms with Crippen LogP contribution < -0.4 is 4.74 Å². The van der Waals surface area contributed by atoms with Crippen molar-refractivity contribution in [1.29, 1.82) is 0 Å². The molecular formula is C28H38O9. The highest BCUT2D eigenvalue weighted by Crippen LogP contribution is 2.60. The van der Waals surface area contributed by atoms with Crippen molar-refractivity contribution in [1.82, 2.24) is 0 Å². The van der Waals surface area contributed by atoms with Crippen LogP contribution in [0.25, 0.3) is 6.08 Å². The van der Waals surface area contributed by atoms with E-state index in [1.165, 1.54) is 19.3 Å². The average molecular weight is 519 g/mol. The van der Waals surface area contributed by atoms with Crippen LogP contribution in [0.15, 0.2) is 24.3 Å². The van der Waals surface area contributed by atoms with Crippen LogP contribution in [-0.2, 0) is 33.5 Å². The molecule has 1 aromatic carbocycles. The van der Waals surface area contributed by atoms with E-state index < -0.39 is 29.9 Å². The van der Waals surface area contributed by atoms with Gasteiger partial charge < -0.3 is 28.8 Å². The molecule has 4 aliphatic heterocycles. The fraction of sp³-hybridized carbons (Fsp3) is 0.679. The minimum Gasteiger partial charge on any atom is -0.504 e. The van der Waals surface area contributed by atoms with Gasteiger partial charge in [-0.3, -0.25) is 0 Å². The van der Waals surface area contributed by atoms with E-state index >= 15 is 0 Å². The molecule has 0 unspecified atom stereocenters. The molecular weight excluding hydrogens is 480 g/mol. The lowest BCUT2D eigenvalue weighted by molar-refractivity contribution is -0.577. The second-order valence-corrected chi connectivity index (χ2v) is 10.9. The van der Waals surface area contributed by atoms with Gasteiger partial charge in [0, 0.05) is 30.8 Å². The molecule has 2 bridgehead atoms. The Balaban J connectivity index is 1.15. The molecule has 0 aromatic heterocycles. The lowest BCUT2D eigenvalue weighted by Gasteiger charge is -2.60. The highest BCUT2D eigenvalue weighted by molar-refractivity contribution is 5.87. The zero-order valence-electron chi connectivity index (χ0n) is 22.0. The number of carbonyl (C=O) groups is 1. The second kappa shape index (κ2) is 10.5. The first-order valence-electron chi connectivity index (χ1n) is 13.3. The zero-order chi connectivity index (χ0) is 26.2. The maximum atomic E-state index is 11.2. The third-order valence-electron chi connectivity index (χ3n) is 8.52. The third kappa shape index (κ3) is 5.00. The number of esters is 1. The summed E-state index contributed by atoms with van der Waals surface area (Å²) >= 11 is 0. The van der Waals surface area contributed by atoms with Crippen molar-refractivity contribution in [3.05, 3.63) is 29.8 Å². The Morgan fingerprint density at radius 3 is 2.78 bits per heavy atom. The Labute approximate surface area is 217 Å². The Bertz CT molecular complexity index is 1010. The first kappa shape index (κ1) is 26.4. The molecule has 0 amide bonds. The van der Waals surface area contributed by atoms with Crippen molar-refractivity contribution >= 4 is 12.0 Å². The van der Waals surface area contributed by atoms with E-state index in [0.29, 0.717) is 42.8 Å². The number of ether oxygens (including phenoxy) is 5. The second-order valence-electron chi connectivity index (χ2n) is 10.9. The van der Waals surface area contributed by atoms with Gasteiger partial charge in [-0.15, -0.1) is 0 Å². The third-order valence-corrected chi connectivity index (χ3v) is 8.52. The number of carbonyl (C=O) groups excluding carboxylic acids is 1. The molecule has 9 nitrogen and oxygen atoms in total. The van der Waals surface area contributed by atoms with Crippen LogP contribution in [0, 0.1) is 23.7 Å². The lowest BCUT2D eigenvalue weighted by atomic mass is 9.58. The van der Waals surface area contributed by atoms with Gasteiger partial charge >= 0.3 is 5.97 Å². The predicted octanol–water partition coefficient (Wildman–Crippen LogP) is 4.57. The van der Waals surface area contributed by atoms with Crippen molar-refractivity contribution in [2.75, 3.05) is 20.3 Å². The normalized spacial score (nSPS) is 38.7. The molecule has 5 aliphatic rings. The number of aromatic hydroxyl groups is 1. The molecule has 1 N–H and O–H groups in total. The maximum absolute atomic E-state index is 11.2. The molecule has 37 heavy (non-hydrogen) atoms. The number of phenolic OH excluding ortho intramolecular Hbond substituents is 1. The number of methoxy groups -OCH3 is 1. The van der Waals surface area contributed by atoms with E-state index in [1.54, 1.807) is 18.2 Å². The number of fused-ring (bicyclic) bond motifs is 2. The van der Waals surface area contributed by atoms with Gasteiger partial charge in [-0.1, -0.05) is 19.9 Å². The molecule has 1 aliphatic carbocycles. The standard InChI is InChI=1S/C28H38O9/c1-17-6-9-21-18(2)25(34-26-28(21)20(17)12-13-27(3,35-26)36-37-28)33-15-5-14-32-23-10-7-19(16-22(23)29)8-11-24(30)31-4/h7-8,10-11,16-18,20-21,25-26,29H,5-6,9,12-15H2,1-4H3/b11-8+/t17-,18-,20+,21+,25+,26-,27-,28-/m1/s1. The van der Waals surface area contributed by atoms with Gasteiger partial charge in [0.25, 0.3) is 0 Å². The Morgan fingerprint density at radius 1 is 1.16 bits per heavy atom. The first-order valence-corrected chi connectivity index (χ1v) is 13.3. The summed E-state index contributed by atoms with van der Waals surface area (Å²) in [6.07, 6.45) is 6.50. The summed E-state index contributed by atoms with van der Waals surface area (Å²) in [5.41, 5.74) is 0.0722. The first-order chi connectivity index (χ1) is 17.8. The van der Waals surface area contributed by atoms with E-state index in [-0.39, 0.29) is 17.6 Å². The highest BCUT2D eigenvalue weighted by atomic mass is 17.3. The number of hydrogen-bond donors (Lipinski definition) is 1.